The van der Waals surface area contributed by atoms with Crippen molar-refractivity contribution in [3.63, 3.8) is 0 Å². The Labute approximate surface area is 200 Å². The number of carbonyl (C=O) groups is 1. The second-order valence-electron chi connectivity index (χ2n) is 12.3. The van der Waals surface area contributed by atoms with E-state index in [1.807, 2.05) is 6.08 Å². The number of aliphatic hydroxyl groups excluding tert-OH is 2. The Kier molecular flexibility index (Phi) is 7.62. The summed E-state index contributed by atoms with van der Waals surface area (Å²) in [6.07, 6.45) is 13.7. The van der Waals surface area contributed by atoms with Gasteiger partial charge in [0.25, 0.3) is 0 Å². The molecular weight excluding hydrogens is 416 g/mol. The van der Waals surface area contributed by atoms with E-state index in [4.69, 9.17) is 14.9 Å². The van der Waals surface area contributed by atoms with Crippen molar-refractivity contribution in [2.75, 3.05) is 13.2 Å². The standard InChI is InChI=1S/C28H46O5/c1-18(6-9-25(31)32)21-7-8-22-26-23(11-13-28(21,22)3)27(2)12-10-20(33-15-5-4-14-29)16-19(27)17-24(26)30/h4-5,18-24,26,29-30H,6-17H2,1-3H3,(H,31,32)/b5-4-/t18?,19-,20-,21?,22?,23?,24-,26?,27-,28+/m0/s1. The van der Waals surface area contributed by atoms with Crippen LogP contribution in [-0.2, 0) is 9.53 Å². The molecule has 5 nitrogen and oxygen atoms in total. The van der Waals surface area contributed by atoms with Crippen LogP contribution >= 0.6 is 0 Å². The molecule has 0 spiro atoms. The molecular formula is C28H46O5. The number of hydrogen-bond donors (Lipinski definition) is 3. The molecule has 33 heavy (non-hydrogen) atoms. The average Bonchev–Trinajstić information content (AvgIpc) is 3.13. The second kappa shape index (κ2) is 9.99. The van der Waals surface area contributed by atoms with Crippen molar-refractivity contribution in [2.45, 2.75) is 97.2 Å². The van der Waals surface area contributed by atoms with E-state index in [0.29, 0.717) is 47.5 Å². The van der Waals surface area contributed by atoms with Crippen molar-refractivity contribution in [2.24, 2.45) is 46.3 Å². The highest BCUT2D eigenvalue weighted by Gasteiger charge is 2.62. The van der Waals surface area contributed by atoms with E-state index >= 15 is 0 Å². The first kappa shape index (κ1) is 25.2. The summed E-state index contributed by atoms with van der Waals surface area (Å²) in [6, 6.07) is 0. The zero-order chi connectivity index (χ0) is 23.8. The third-order valence-electron chi connectivity index (χ3n) is 10.9. The molecule has 0 aliphatic heterocycles. The molecule has 10 atom stereocenters. The minimum atomic E-state index is -0.684. The summed E-state index contributed by atoms with van der Waals surface area (Å²) in [4.78, 5) is 11.1. The van der Waals surface area contributed by atoms with Crippen LogP contribution in [0, 0.1) is 46.3 Å². The molecule has 0 aromatic heterocycles. The Morgan fingerprint density at radius 3 is 2.52 bits per heavy atom. The quantitative estimate of drug-likeness (QED) is 0.439. The van der Waals surface area contributed by atoms with Crippen LogP contribution in [0.15, 0.2) is 12.2 Å². The average molecular weight is 463 g/mol. The molecule has 188 valence electrons. The number of hydrogen-bond acceptors (Lipinski definition) is 4. The molecule has 5 heteroatoms. The smallest absolute Gasteiger partial charge is 0.303 e. The van der Waals surface area contributed by atoms with Crippen molar-refractivity contribution in [3.8, 4) is 0 Å². The van der Waals surface area contributed by atoms with Crippen LogP contribution in [0.2, 0.25) is 0 Å². The Bertz CT molecular complexity index is 721. The normalized spacial score (nSPS) is 45.9. The third kappa shape index (κ3) is 4.67. The molecule has 4 aliphatic carbocycles. The summed E-state index contributed by atoms with van der Waals surface area (Å²) < 4.78 is 6.09. The number of carboxylic acid groups (broad SMARTS) is 1. The van der Waals surface area contributed by atoms with E-state index < -0.39 is 5.97 Å². The van der Waals surface area contributed by atoms with Gasteiger partial charge in [-0.2, -0.15) is 0 Å². The maximum atomic E-state index is 11.5. The predicted molar refractivity (Wildman–Crippen MR) is 129 cm³/mol. The molecule has 4 fully saturated rings. The van der Waals surface area contributed by atoms with Crippen LogP contribution in [0.3, 0.4) is 0 Å². The van der Waals surface area contributed by atoms with E-state index in [9.17, 15) is 9.90 Å². The fourth-order valence-corrected chi connectivity index (χ4v) is 9.20. The van der Waals surface area contributed by atoms with Crippen LogP contribution < -0.4 is 0 Å². The molecule has 3 N–H and O–H groups in total. The zero-order valence-corrected chi connectivity index (χ0v) is 20.9. The van der Waals surface area contributed by atoms with Gasteiger partial charge in [-0.25, -0.2) is 0 Å². The molecule has 0 heterocycles. The monoisotopic (exact) mass is 462 g/mol. The van der Waals surface area contributed by atoms with Crippen LogP contribution in [0.5, 0.6) is 0 Å². The lowest BCUT2D eigenvalue weighted by molar-refractivity contribution is -0.177. The van der Waals surface area contributed by atoms with Gasteiger partial charge in [-0.15, -0.1) is 0 Å². The molecule has 0 saturated heterocycles. The van der Waals surface area contributed by atoms with E-state index in [1.54, 1.807) is 6.08 Å². The second-order valence-corrected chi connectivity index (χ2v) is 12.3. The molecule has 0 aromatic rings. The third-order valence-corrected chi connectivity index (χ3v) is 10.9. The van der Waals surface area contributed by atoms with Gasteiger partial charge in [-0.1, -0.05) is 32.9 Å². The topological polar surface area (TPSA) is 87.0 Å². The van der Waals surface area contributed by atoms with Gasteiger partial charge in [0.15, 0.2) is 0 Å². The van der Waals surface area contributed by atoms with Crippen molar-refractivity contribution in [3.05, 3.63) is 12.2 Å². The highest BCUT2D eigenvalue weighted by atomic mass is 16.5. The SMILES string of the molecule is CC(CCC(=O)O)C1CCC2C3C(CC[C@]12C)[C@@]1(C)CC[C@H](OC/C=C\CO)C[C@H]1C[C@@H]3O. The Hall–Kier alpha value is -0.910. The molecule has 0 amide bonds. The number of aliphatic hydroxyl groups is 2. The van der Waals surface area contributed by atoms with Gasteiger partial charge in [0.1, 0.15) is 0 Å². The van der Waals surface area contributed by atoms with Gasteiger partial charge >= 0.3 is 5.97 Å². The summed E-state index contributed by atoms with van der Waals surface area (Å²) in [5.41, 5.74) is 0.529. The van der Waals surface area contributed by atoms with Gasteiger partial charge < -0.3 is 20.1 Å². The number of rotatable bonds is 8. The fourth-order valence-electron chi connectivity index (χ4n) is 9.20. The van der Waals surface area contributed by atoms with Gasteiger partial charge in [-0.3, -0.25) is 4.79 Å². The van der Waals surface area contributed by atoms with Gasteiger partial charge in [0, 0.05) is 6.42 Å². The van der Waals surface area contributed by atoms with Crippen molar-refractivity contribution < 1.29 is 24.9 Å². The van der Waals surface area contributed by atoms with Crippen LogP contribution in [-0.4, -0.2) is 46.7 Å². The van der Waals surface area contributed by atoms with Gasteiger partial charge in [0.2, 0.25) is 0 Å². The molecule has 4 saturated carbocycles. The summed E-state index contributed by atoms with van der Waals surface area (Å²) in [5.74, 6) is 2.40. The molecule has 4 aliphatic rings. The molecule has 0 radical (unpaired) electrons. The highest BCUT2D eigenvalue weighted by Crippen LogP contribution is 2.68. The van der Waals surface area contributed by atoms with E-state index in [1.165, 1.54) is 32.1 Å². The van der Waals surface area contributed by atoms with Gasteiger partial charge in [-0.05, 0) is 104 Å². The lowest BCUT2D eigenvalue weighted by Crippen LogP contribution is -2.58. The first-order chi connectivity index (χ1) is 15.7. The number of aliphatic carboxylic acids is 1. The Balaban J connectivity index is 1.45. The first-order valence-corrected chi connectivity index (χ1v) is 13.5. The van der Waals surface area contributed by atoms with Crippen molar-refractivity contribution in [1.82, 2.24) is 0 Å². The summed E-state index contributed by atoms with van der Waals surface area (Å²) in [6.45, 7) is 7.86. The zero-order valence-electron chi connectivity index (χ0n) is 20.9. The lowest BCUT2D eigenvalue weighted by atomic mass is 9.43. The minimum absolute atomic E-state index is 0.0588. The van der Waals surface area contributed by atoms with Gasteiger partial charge in [0.05, 0.1) is 25.4 Å². The lowest BCUT2D eigenvalue weighted by Gasteiger charge is -2.62. The highest BCUT2D eigenvalue weighted by molar-refractivity contribution is 5.66. The van der Waals surface area contributed by atoms with E-state index in [-0.39, 0.29) is 30.7 Å². The maximum absolute atomic E-state index is 11.5. The fraction of sp³-hybridized carbons (Fsp3) is 0.893. The number of ether oxygens (including phenoxy) is 1. The predicted octanol–water partition coefficient (Wildman–Crippen LogP) is 5.05. The summed E-state index contributed by atoms with van der Waals surface area (Å²) in [7, 11) is 0. The number of carboxylic acids is 1. The van der Waals surface area contributed by atoms with Crippen molar-refractivity contribution in [1.29, 1.82) is 0 Å². The summed E-state index contributed by atoms with van der Waals surface area (Å²) in [5, 5.41) is 29.6. The molecule has 5 unspecified atom stereocenters. The minimum Gasteiger partial charge on any atom is -0.481 e. The van der Waals surface area contributed by atoms with Crippen LogP contribution in [0.25, 0.3) is 0 Å². The van der Waals surface area contributed by atoms with Crippen molar-refractivity contribution >= 4 is 5.97 Å². The molecule has 0 bridgehead atoms. The summed E-state index contributed by atoms with van der Waals surface area (Å²) >= 11 is 0. The van der Waals surface area contributed by atoms with Crippen LogP contribution in [0.4, 0.5) is 0 Å². The first-order valence-electron chi connectivity index (χ1n) is 13.5. The Morgan fingerprint density at radius 1 is 1.06 bits per heavy atom. The van der Waals surface area contributed by atoms with E-state index in [2.05, 4.69) is 20.8 Å². The largest absolute Gasteiger partial charge is 0.481 e. The maximum Gasteiger partial charge on any atom is 0.303 e. The molecule has 4 rings (SSSR count). The number of fused-ring (bicyclic) bond motifs is 5. The van der Waals surface area contributed by atoms with E-state index in [0.717, 1.165) is 25.7 Å². The van der Waals surface area contributed by atoms with Crippen LogP contribution in [0.1, 0.15) is 85.0 Å². The molecule has 0 aromatic carbocycles. The Morgan fingerprint density at radius 2 is 1.79 bits per heavy atom.